The summed E-state index contributed by atoms with van der Waals surface area (Å²) in [5.41, 5.74) is 1.06. The van der Waals surface area contributed by atoms with Crippen LogP contribution in [-0.4, -0.2) is 15.1 Å². The Labute approximate surface area is 93.1 Å². The monoisotopic (exact) mass is 268 g/mol. The Balaban J connectivity index is 2.42. The van der Waals surface area contributed by atoms with E-state index in [0.29, 0.717) is 15.7 Å². The van der Waals surface area contributed by atoms with Crippen molar-refractivity contribution in [2.24, 2.45) is 0 Å². The van der Waals surface area contributed by atoms with Gasteiger partial charge in [0.2, 0.25) is 5.78 Å². The topological polar surface area (TPSA) is 42.9 Å². The van der Waals surface area contributed by atoms with Crippen molar-refractivity contribution in [1.29, 1.82) is 0 Å². The van der Waals surface area contributed by atoms with Crippen molar-refractivity contribution in [3.63, 3.8) is 0 Å². The van der Waals surface area contributed by atoms with Crippen molar-refractivity contribution in [2.75, 3.05) is 0 Å². The quantitative estimate of drug-likeness (QED) is 0.787. The van der Waals surface area contributed by atoms with Gasteiger partial charge < -0.3 is 0 Å². The van der Waals surface area contributed by atoms with Crippen molar-refractivity contribution in [1.82, 2.24) is 9.36 Å². The predicted octanol–water partition coefficient (Wildman–Crippen LogP) is 2.53. The smallest absolute Gasteiger partial charge is 0.213 e. The number of ketones is 1. The van der Waals surface area contributed by atoms with Crippen LogP contribution >= 0.6 is 27.5 Å². The lowest BCUT2D eigenvalue weighted by atomic mass is 10.1. The van der Waals surface area contributed by atoms with Gasteiger partial charge in [0.05, 0.1) is 0 Å². The van der Waals surface area contributed by atoms with E-state index in [1.807, 2.05) is 0 Å². The van der Waals surface area contributed by atoms with Crippen molar-refractivity contribution in [2.45, 2.75) is 0 Å². The van der Waals surface area contributed by atoms with Gasteiger partial charge in [-0.2, -0.15) is 4.37 Å². The second-order valence-corrected chi connectivity index (χ2v) is 4.09. The molecule has 0 saturated heterocycles. The number of halogens is 1. The first-order chi connectivity index (χ1) is 6.79. The van der Waals surface area contributed by atoms with Gasteiger partial charge in [0.25, 0.3) is 0 Å². The molecule has 0 unspecified atom stereocenters. The highest BCUT2D eigenvalue weighted by atomic mass is 79.9. The van der Waals surface area contributed by atoms with Crippen LogP contribution in [0.2, 0.25) is 0 Å². The number of carbonyl (C=O) groups is 1. The van der Waals surface area contributed by atoms with Gasteiger partial charge in [0.15, 0.2) is 0 Å². The van der Waals surface area contributed by atoms with E-state index in [1.165, 1.54) is 11.5 Å². The van der Waals surface area contributed by atoms with Crippen LogP contribution in [0.15, 0.2) is 34.4 Å². The second-order valence-electron chi connectivity index (χ2n) is 2.57. The maximum Gasteiger partial charge on any atom is 0.213 e. The van der Waals surface area contributed by atoms with Crippen molar-refractivity contribution in [3.05, 3.63) is 45.6 Å². The van der Waals surface area contributed by atoms with Crippen LogP contribution < -0.4 is 0 Å². The number of hydrogen-bond acceptors (Lipinski definition) is 4. The Morgan fingerprint density at radius 1 is 1.43 bits per heavy atom. The summed E-state index contributed by atoms with van der Waals surface area (Å²) in [5.74, 6) is -0.0828. The molecule has 2 aromatic rings. The van der Waals surface area contributed by atoms with Crippen molar-refractivity contribution < 1.29 is 4.79 Å². The van der Waals surface area contributed by atoms with Gasteiger partial charge in [-0.3, -0.25) is 9.78 Å². The molecule has 3 nitrogen and oxygen atoms in total. The van der Waals surface area contributed by atoms with Crippen LogP contribution in [0.1, 0.15) is 16.1 Å². The van der Waals surface area contributed by atoms with E-state index in [9.17, 15) is 4.79 Å². The zero-order valence-corrected chi connectivity index (χ0v) is 9.38. The van der Waals surface area contributed by atoms with Crippen LogP contribution in [0, 0.1) is 0 Å². The summed E-state index contributed by atoms with van der Waals surface area (Å²) in [4.78, 5) is 15.7. The maximum atomic E-state index is 11.8. The normalized spacial score (nSPS) is 10.1. The molecule has 0 saturated carbocycles. The summed E-state index contributed by atoms with van der Waals surface area (Å²) in [7, 11) is 0. The summed E-state index contributed by atoms with van der Waals surface area (Å²) >= 11 is 4.54. The number of pyridine rings is 1. The third-order valence-corrected chi connectivity index (χ3v) is 2.88. The average molecular weight is 269 g/mol. The fourth-order valence-corrected chi connectivity index (χ4v) is 1.97. The molecule has 0 radical (unpaired) electrons. The van der Waals surface area contributed by atoms with E-state index in [2.05, 4.69) is 25.3 Å². The zero-order valence-electron chi connectivity index (χ0n) is 6.98. The minimum atomic E-state index is -0.0828. The lowest BCUT2D eigenvalue weighted by Gasteiger charge is -1.98. The molecule has 0 aromatic carbocycles. The van der Waals surface area contributed by atoms with Crippen LogP contribution in [0.4, 0.5) is 0 Å². The molecule has 5 heteroatoms. The molecule has 2 aromatic heterocycles. The first-order valence-corrected chi connectivity index (χ1v) is 5.46. The van der Waals surface area contributed by atoms with Crippen LogP contribution in [0.3, 0.4) is 0 Å². The van der Waals surface area contributed by atoms with Gasteiger partial charge in [0.1, 0.15) is 5.69 Å². The predicted molar refractivity (Wildman–Crippen MR) is 57.5 cm³/mol. The van der Waals surface area contributed by atoms with Crippen molar-refractivity contribution >= 4 is 33.2 Å². The number of aromatic nitrogens is 2. The Morgan fingerprint density at radius 3 is 2.93 bits per heavy atom. The van der Waals surface area contributed by atoms with Gasteiger partial charge in [0, 0.05) is 27.8 Å². The molecule has 14 heavy (non-hydrogen) atoms. The molecule has 0 amide bonds. The minimum absolute atomic E-state index is 0.0828. The molecule has 0 aliphatic carbocycles. The highest BCUT2D eigenvalue weighted by molar-refractivity contribution is 9.10. The molecule has 2 rings (SSSR count). The van der Waals surface area contributed by atoms with Crippen LogP contribution in [0.25, 0.3) is 0 Å². The summed E-state index contributed by atoms with van der Waals surface area (Å²) in [5, 5.41) is 1.78. The SMILES string of the molecule is O=C(c1ccsn1)c1ccncc1Br. The Hall–Kier alpha value is -1.07. The Morgan fingerprint density at radius 2 is 2.29 bits per heavy atom. The fourth-order valence-electron chi connectivity index (χ4n) is 1.03. The molecular formula is C9H5BrN2OS. The summed E-state index contributed by atoms with van der Waals surface area (Å²) in [6, 6.07) is 3.38. The van der Waals surface area contributed by atoms with E-state index in [-0.39, 0.29) is 5.78 Å². The minimum Gasteiger partial charge on any atom is -0.287 e. The van der Waals surface area contributed by atoms with Crippen LogP contribution in [0.5, 0.6) is 0 Å². The van der Waals surface area contributed by atoms with Gasteiger partial charge in [-0.05, 0) is 39.6 Å². The van der Waals surface area contributed by atoms with E-state index in [0.717, 1.165) is 0 Å². The summed E-state index contributed by atoms with van der Waals surface area (Å²) in [6.45, 7) is 0. The van der Waals surface area contributed by atoms with E-state index >= 15 is 0 Å². The zero-order chi connectivity index (χ0) is 9.97. The Kier molecular flexibility index (Phi) is 2.69. The first kappa shape index (κ1) is 9.48. The van der Waals surface area contributed by atoms with Crippen LogP contribution in [-0.2, 0) is 0 Å². The molecule has 0 aliphatic rings. The Bertz CT molecular complexity index is 456. The number of rotatable bonds is 2. The molecule has 0 aliphatic heterocycles. The molecule has 0 bridgehead atoms. The molecule has 0 atom stereocenters. The van der Waals surface area contributed by atoms with E-state index < -0.39 is 0 Å². The second kappa shape index (κ2) is 3.98. The van der Waals surface area contributed by atoms with Crippen molar-refractivity contribution in [3.8, 4) is 0 Å². The first-order valence-electron chi connectivity index (χ1n) is 3.83. The lowest BCUT2D eigenvalue weighted by molar-refractivity contribution is 0.103. The largest absolute Gasteiger partial charge is 0.287 e. The van der Waals surface area contributed by atoms with Gasteiger partial charge in [-0.1, -0.05) is 0 Å². The summed E-state index contributed by atoms with van der Waals surface area (Å²) < 4.78 is 4.68. The molecule has 0 fully saturated rings. The van der Waals surface area contributed by atoms with Gasteiger partial charge >= 0.3 is 0 Å². The van der Waals surface area contributed by atoms with Gasteiger partial charge in [-0.25, -0.2) is 0 Å². The van der Waals surface area contributed by atoms with E-state index in [4.69, 9.17) is 0 Å². The molecular weight excluding hydrogens is 264 g/mol. The number of nitrogens with zero attached hydrogens (tertiary/aromatic N) is 2. The van der Waals surface area contributed by atoms with Gasteiger partial charge in [-0.15, -0.1) is 0 Å². The van der Waals surface area contributed by atoms with E-state index in [1.54, 1.807) is 29.9 Å². The maximum absolute atomic E-state index is 11.8. The molecule has 0 N–H and O–H groups in total. The highest BCUT2D eigenvalue weighted by Crippen LogP contribution is 2.18. The lowest BCUT2D eigenvalue weighted by Crippen LogP contribution is -2.02. The molecule has 70 valence electrons. The standard InChI is InChI=1S/C9H5BrN2OS/c10-7-5-11-3-1-6(7)9(13)8-2-4-14-12-8/h1-5H. The molecule has 0 spiro atoms. The third kappa shape index (κ3) is 1.73. The average Bonchev–Trinajstić information content (AvgIpc) is 2.70. The highest BCUT2D eigenvalue weighted by Gasteiger charge is 2.13. The third-order valence-electron chi connectivity index (χ3n) is 1.69. The number of carbonyl (C=O) groups excluding carboxylic acids is 1. The fraction of sp³-hybridized carbons (Fsp3) is 0. The summed E-state index contributed by atoms with van der Waals surface area (Å²) in [6.07, 6.45) is 3.18. The molecule has 2 heterocycles. The number of hydrogen-bond donors (Lipinski definition) is 0.